The highest BCUT2D eigenvalue weighted by molar-refractivity contribution is 5.99. The van der Waals surface area contributed by atoms with E-state index in [0.717, 1.165) is 5.56 Å². The van der Waals surface area contributed by atoms with Gasteiger partial charge in [-0.2, -0.15) is 0 Å². The van der Waals surface area contributed by atoms with Gasteiger partial charge in [0.2, 0.25) is 5.91 Å². The van der Waals surface area contributed by atoms with Crippen LogP contribution in [0.15, 0.2) is 42.5 Å². The third-order valence-corrected chi connectivity index (χ3v) is 6.58. The molecule has 2 aromatic rings. The lowest BCUT2D eigenvalue weighted by molar-refractivity contribution is -0.142. The van der Waals surface area contributed by atoms with E-state index in [2.05, 4.69) is 16.0 Å². The van der Waals surface area contributed by atoms with Crippen LogP contribution in [0.1, 0.15) is 37.2 Å². The number of aliphatic hydroxyl groups is 1. The fourth-order valence-corrected chi connectivity index (χ4v) is 4.67. The van der Waals surface area contributed by atoms with Crippen LogP contribution >= 0.6 is 0 Å². The van der Waals surface area contributed by atoms with Gasteiger partial charge < -0.3 is 30.5 Å². The second-order valence-electron chi connectivity index (χ2n) is 9.17. The van der Waals surface area contributed by atoms with Crippen molar-refractivity contribution in [3.05, 3.63) is 53.8 Å². The molecule has 2 fully saturated rings. The molecule has 180 valence electrons. The van der Waals surface area contributed by atoms with Gasteiger partial charge in [0.25, 0.3) is 0 Å². The molecule has 2 aliphatic heterocycles. The van der Waals surface area contributed by atoms with Gasteiger partial charge in [-0.1, -0.05) is 12.1 Å². The second-order valence-corrected chi connectivity index (χ2v) is 9.17. The highest BCUT2D eigenvalue weighted by Gasteiger charge is 2.46. The molecule has 9 heteroatoms. The summed E-state index contributed by atoms with van der Waals surface area (Å²) in [4.78, 5) is 24.7. The van der Waals surface area contributed by atoms with Crippen molar-refractivity contribution >= 4 is 23.3 Å². The lowest BCUT2D eigenvalue weighted by Gasteiger charge is -2.37. The van der Waals surface area contributed by atoms with E-state index in [0.29, 0.717) is 30.3 Å². The van der Waals surface area contributed by atoms with Crippen LogP contribution in [-0.2, 0) is 9.53 Å². The van der Waals surface area contributed by atoms with Crippen LogP contribution in [0.5, 0.6) is 5.75 Å². The van der Waals surface area contributed by atoms with Gasteiger partial charge >= 0.3 is 6.03 Å². The van der Waals surface area contributed by atoms with Gasteiger partial charge in [0, 0.05) is 23.7 Å². The summed E-state index contributed by atoms with van der Waals surface area (Å²) in [5.41, 5.74) is 1.50. The molecule has 8 nitrogen and oxygen atoms in total. The van der Waals surface area contributed by atoms with Gasteiger partial charge in [0.05, 0.1) is 24.8 Å². The van der Waals surface area contributed by atoms with E-state index < -0.39 is 18.0 Å². The van der Waals surface area contributed by atoms with Gasteiger partial charge in [-0.3, -0.25) is 4.79 Å². The molecule has 0 bridgehead atoms. The highest BCUT2D eigenvalue weighted by Crippen LogP contribution is 2.47. The fraction of sp³-hybridized carbons (Fsp3) is 0.440. The number of nitrogens with one attached hydrogen (secondary N) is 3. The summed E-state index contributed by atoms with van der Waals surface area (Å²) in [5.74, 6) is 0.607. The monoisotopic (exact) mass is 469 g/mol. The van der Waals surface area contributed by atoms with Gasteiger partial charge in [-0.25, -0.2) is 9.18 Å². The standard InChI is InChI=1S/C25H28FN3O5/c26-19-3-1-2-4-20(19)29-25(32)28-15-7-8-21-17(9-15)18-10-16(33-22(13-30)24(18)34-21)11-23(31)27-12-14-5-6-14/h1-4,7-9,14,16,18,22,24,30H,5-6,10-13H2,(H,27,31)(H2,28,29,32)/t16-,18+,22+,24-/m0/s1. The van der Waals surface area contributed by atoms with Crippen LogP contribution < -0.4 is 20.7 Å². The molecule has 5 rings (SSSR count). The maximum atomic E-state index is 13.8. The normalized spacial score (nSPS) is 25.0. The van der Waals surface area contributed by atoms with Crippen LogP contribution in [0.25, 0.3) is 0 Å². The maximum Gasteiger partial charge on any atom is 0.323 e. The molecule has 34 heavy (non-hydrogen) atoms. The number of fused-ring (bicyclic) bond motifs is 3. The van der Waals surface area contributed by atoms with Crippen molar-refractivity contribution in [1.29, 1.82) is 0 Å². The molecule has 2 heterocycles. The first-order valence-corrected chi connectivity index (χ1v) is 11.7. The number of benzene rings is 2. The first kappa shape index (κ1) is 22.6. The number of carbonyl (C=O) groups is 2. The van der Waals surface area contributed by atoms with Gasteiger partial charge in [-0.15, -0.1) is 0 Å². The summed E-state index contributed by atoms with van der Waals surface area (Å²) in [6.45, 7) is 0.489. The Morgan fingerprint density at radius 2 is 1.94 bits per heavy atom. The zero-order valence-corrected chi connectivity index (χ0v) is 18.6. The molecule has 4 N–H and O–H groups in total. The van der Waals surface area contributed by atoms with Crippen molar-refractivity contribution in [1.82, 2.24) is 5.32 Å². The minimum absolute atomic E-state index is 0.0496. The van der Waals surface area contributed by atoms with Crippen molar-refractivity contribution in [2.45, 2.75) is 49.9 Å². The second kappa shape index (κ2) is 9.60. The molecule has 3 amide bonds. The first-order valence-electron chi connectivity index (χ1n) is 11.7. The van der Waals surface area contributed by atoms with E-state index >= 15 is 0 Å². The molecule has 1 saturated heterocycles. The average Bonchev–Trinajstić information content (AvgIpc) is 3.59. The molecule has 0 radical (unpaired) electrons. The fourth-order valence-electron chi connectivity index (χ4n) is 4.67. The van der Waals surface area contributed by atoms with Gasteiger partial charge in [0.15, 0.2) is 0 Å². The van der Waals surface area contributed by atoms with Crippen molar-refractivity contribution < 1.29 is 28.6 Å². The molecule has 0 aromatic heterocycles. The molecule has 4 atom stereocenters. The zero-order valence-electron chi connectivity index (χ0n) is 18.6. The van der Waals surface area contributed by atoms with Gasteiger partial charge in [0.1, 0.15) is 23.8 Å². The molecule has 1 aliphatic carbocycles. The van der Waals surface area contributed by atoms with Crippen LogP contribution in [0.3, 0.4) is 0 Å². The number of ether oxygens (including phenoxy) is 2. The minimum atomic E-state index is -0.564. The SMILES string of the molecule is O=C(C[C@@H]1C[C@@H]2c3cc(NC(=O)Nc4ccccc4F)ccc3O[C@@H]2[C@@H](CO)O1)NCC1CC1. The smallest absolute Gasteiger partial charge is 0.323 e. The van der Waals surface area contributed by atoms with E-state index in [1.165, 1.54) is 25.0 Å². The van der Waals surface area contributed by atoms with Crippen LogP contribution in [0.4, 0.5) is 20.6 Å². The largest absolute Gasteiger partial charge is 0.487 e. The predicted octanol–water partition coefficient (Wildman–Crippen LogP) is 3.38. The number of hydrogen-bond acceptors (Lipinski definition) is 5. The summed E-state index contributed by atoms with van der Waals surface area (Å²) in [6.07, 6.45) is 1.87. The molecule has 1 saturated carbocycles. The molecular weight excluding hydrogens is 441 g/mol. The Labute approximate surface area is 196 Å². The van der Waals surface area contributed by atoms with Crippen LogP contribution in [0.2, 0.25) is 0 Å². The van der Waals surface area contributed by atoms with Crippen LogP contribution in [0, 0.1) is 11.7 Å². The topological polar surface area (TPSA) is 109 Å². The number of hydrogen-bond donors (Lipinski definition) is 4. The van der Waals surface area contributed by atoms with E-state index in [1.54, 1.807) is 24.3 Å². The number of amides is 3. The number of urea groups is 1. The number of anilines is 2. The molecule has 0 spiro atoms. The van der Waals surface area contributed by atoms with Crippen molar-refractivity contribution in [3.8, 4) is 5.75 Å². The summed E-state index contributed by atoms with van der Waals surface area (Å²) < 4.78 is 25.9. The predicted molar refractivity (Wildman–Crippen MR) is 123 cm³/mol. The number of aliphatic hydroxyl groups excluding tert-OH is 1. The number of halogens is 1. The van der Waals surface area contributed by atoms with Crippen LogP contribution in [-0.4, -0.2) is 48.5 Å². The third-order valence-electron chi connectivity index (χ3n) is 6.58. The lowest BCUT2D eigenvalue weighted by atomic mass is 9.84. The Kier molecular flexibility index (Phi) is 6.38. The van der Waals surface area contributed by atoms with E-state index in [-0.39, 0.29) is 42.7 Å². The van der Waals surface area contributed by atoms with Crippen molar-refractivity contribution in [2.24, 2.45) is 5.92 Å². The number of carbonyl (C=O) groups excluding carboxylic acids is 2. The molecule has 2 aromatic carbocycles. The highest BCUT2D eigenvalue weighted by atomic mass is 19.1. The Hall–Kier alpha value is -3.17. The Morgan fingerprint density at radius 1 is 1.12 bits per heavy atom. The molecular formula is C25H28FN3O5. The van der Waals surface area contributed by atoms with Crippen molar-refractivity contribution in [2.75, 3.05) is 23.8 Å². The quantitative estimate of drug-likeness (QED) is 0.497. The first-order chi connectivity index (χ1) is 16.5. The number of rotatable bonds is 7. The Bertz CT molecular complexity index is 1080. The zero-order chi connectivity index (χ0) is 23.7. The Morgan fingerprint density at radius 3 is 2.71 bits per heavy atom. The Balaban J connectivity index is 1.26. The van der Waals surface area contributed by atoms with E-state index in [1.807, 2.05) is 6.07 Å². The maximum absolute atomic E-state index is 13.8. The summed E-state index contributed by atoms with van der Waals surface area (Å²) in [7, 11) is 0. The molecule has 3 aliphatic rings. The van der Waals surface area contributed by atoms with E-state index in [9.17, 15) is 19.1 Å². The molecule has 0 unspecified atom stereocenters. The summed E-state index contributed by atoms with van der Waals surface area (Å²) >= 11 is 0. The van der Waals surface area contributed by atoms with Crippen molar-refractivity contribution in [3.63, 3.8) is 0 Å². The number of para-hydroxylation sites is 1. The lowest BCUT2D eigenvalue weighted by Crippen LogP contribution is -2.47. The van der Waals surface area contributed by atoms with E-state index in [4.69, 9.17) is 9.47 Å². The van der Waals surface area contributed by atoms with Gasteiger partial charge in [-0.05, 0) is 55.5 Å². The summed E-state index contributed by atoms with van der Waals surface area (Å²) in [6, 6.07) is 10.7. The third kappa shape index (κ3) is 5.00. The average molecular weight is 470 g/mol. The summed E-state index contributed by atoms with van der Waals surface area (Å²) in [5, 5.41) is 18.1. The minimum Gasteiger partial charge on any atom is -0.487 e.